The Morgan fingerprint density at radius 3 is 2.40 bits per heavy atom. The lowest BCUT2D eigenvalue weighted by Gasteiger charge is -2.37. The minimum Gasteiger partial charge on any atom is -0.481 e. The fraction of sp³-hybridized carbons (Fsp3) is 0.611. The zero-order valence-corrected chi connectivity index (χ0v) is 14.4. The standard InChI is InChI=1S/C18H26N4O3/c23-17(16(18(24)25)13-14-1-5-19-6-2-14)22-11-9-21(10-12-22)15-3-7-20-8-4-15/h3-4,7-8,14,16,19H,1-2,5-6,9-13H2,(H,24,25). The summed E-state index contributed by atoms with van der Waals surface area (Å²) >= 11 is 0. The molecule has 1 unspecified atom stereocenters. The number of hydrogen-bond donors (Lipinski definition) is 2. The lowest BCUT2D eigenvalue weighted by Crippen LogP contribution is -2.51. The Hall–Kier alpha value is -2.15. The van der Waals surface area contributed by atoms with Gasteiger partial charge in [0.05, 0.1) is 0 Å². The molecule has 0 saturated carbocycles. The number of piperazine rings is 1. The highest BCUT2D eigenvalue weighted by molar-refractivity contribution is 5.97. The van der Waals surface area contributed by atoms with Crippen LogP contribution in [-0.2, 0) is 9.59 Å². The van der Waals surface area contributed by atoms with Crippen LogP contribution in [0, 0.1) is 11.8 Å². The number of hydrogen-bond acceptors (Lipinski definition) is 5. The number of pyridine rings is 1. The van der Waals surface area contributed by atoms with Gasteiger partial charge in [0.25, 0.3) is 0 Å². The van der Waals surface area contributed by atoms with Crippen LogP contribution in [0.5, 0.6) is 0 Å². The Kier molecular flexibility index (Phi) is 5.86. The van der Waals surface area contributed by atoms with E-state index in [-0.39, 0.29) is 5.91 Å². The van der Waals surface area contributed by atoms with Gasteiger partial charge in [-0.3, -0.25) is 14.6 Å². The molecule has 2 saturated heterocycles. The van der Waals surface area contributed by atoms with Crippen LogP contribution in [0.15, 0.2) is 24.5 Å². The molecule has 0 aliphatic carbocycles. The van der Waals surface area contributed by atoms with Gasteiger partial charge in [0.1, 0.15) is 5.92 Å². The lowest BCUT2D eigenvalue weighted by molar-refractivity contribution is -0.152. The summed E-state index contributed by atoms with van der Waals surface area (Å²) in [7, 11) is 0. The number of carboxylic acids is 1. The molecule has 0 radical (unpaired) electrons. The van der Waals surface area contributed by atoms with E-state index >= 15 is 0 Å². The molecule has 3 rings (SSSR count). The highest BCUT2D eigenvalue weighted by Crippen LogP contribution is 2.24. The average molecular weight is 346 g/mol. The van der Waals surface area contributed by atoms with Gasteiger partial charge in [-0.25, -0.2) is 0 Å². The zero-order valence-electron chi connectivity index (χ0n) is 14.4. The fourth-order valence-corrected chi connectivity index (χ4v) is 3.72. The molecule has 25 heavy (non-hydrogen) atoms. The second-order valence-corrected chi connectivity index (χ2v) is 6.84. The van der Waals surface area contributed by atoms with Gasteiger partial charge < -0.3 is 20.2 Å². The number of rotatable bonds is 5. The Morgan fingerprint density at radius 2 is 1.80 bits per heavy atom. The molecule has 2 fully saturated rings. The number of nitrogens with one attached hydrogen (secondary N) is 1. The largest absolute Gasteiger partial charge is 0.481 e. The summed E-state index contributed by atoms with van der Waals surface area (Å²) in [5.74, 6) is -1.79. The van der Waals surface area contributed by atoms with Gasteiger partial charge in [-0.05, 0) is 50.4 Å². The molecule has 0 bridgehead atoms. The van der Waals surface area contributed by atoms with Crippen molar-refractivity contribution in [1.29, 1.82) is 0 Å². The van der Waals surface area contributed by atoms with E-state index in [1.54, 1.807) is 17.3 Å². The first-order valence-electron chi connectivity index (χ1n) is 9.02. The van der Waals surface area contributed by atoms with Crippen LogP contribution >= 0.6 is 0 Å². The molecule has 7 nitrogen and oxygen atoms in total. The maximum Gasteiger partial charge on any atom is 0.316 e. The van der Waals surface area contributed by atoms with Crippen molar-refractivity contribution in [2.24, 2.45) is 11.8 Å². The molecule has 7 heteroatoms. The molecule has 136 valence electrons. The third kappa shape index (κ3) is 4.48. The minimum absolute atomic E-state index is 0.222. The third-order valence-electron chi connectivity index (χ3n) is 5.24. The number of piperidine rings is 1. The first-order valence-corrected chi connectivity index (χ1v) is 9.02. The number of nitrogens with zero attached hydrogens (tertiary/aromatic N) is 3. The molecule has 0 spiro atoms. The number of carbonyl (C=O) groups is 2. The maximum atomic E-state index is 12.8. The smallest absolute Gasteiger partial charge is 0.316 e. The van der Waals surface area contributed by atoms with Gasteiger partial charge in [-0.2, -0.15) is 0 Å². The topological polar surface area (TPSA) is 85.8 Å². The normalized spacial score (nSPS) is 20.3. The van der Waals surface area contributed by atoms with Gasteiger partial charge in [-0.15, -0.1) is 0 Å². The summed E-state index contributed by atoms with van der Waals surface area (Å²) in [6.07, 6.45) is 5.87. The van der Waals surface area contributed by atoms with Gasteiger partial charge >= 0.3 is 5.97 Å². The van der Waals surface area contributed by atoms with Gasteiger partial charge in [0, 0.05) is 44.3 Å². The van der Waals surface area contributed by atoms with E-state index in [1.165, 1.54) is 0 Å². The van der Waals surface area contributed by atoms with Crippen molar-refractivity contribution < 1.29 is 14.7 Å². The summed E-state index contributed by atoms with van der Waals surface area (Å²) < 4.78 is 0. The van der Waals surface area contributed by atoms with Gasteiger partial charge in [0.2, 0.25) is 5.91 Å². The fourth-order valence-electron chi connectivity index (χ4n) is 3.72. The van der Waals surface area contributed by atoms with Crippen LogP contribution in [0.2, 0.25) is 0 Å². The van der Waals surface area contributed by atoms with E-state index in [2.05, 4.69) is 15.2 Å². The summed E-state index contributed by atoms with van der Waals surface area (Å²) in [5.41, 5.74) is 1.09. The number of amides is 1. The summed E-state index contributed by atoms with van der Waals surface area (Å²) in [6, 6.07) is 3.91. The molecular weight excluding hydrogens is 320 g/mol. The number of aromatic nitrogens is 1. The van der Waals surface area contributed by atoms with E-state index in [9.17, 15) is 14.7 Å². The number of aliphatic carboxylic acids is 1. The van der Waals surface area contributed by atoms with E-state index in [0.717, 1.165) is 44.7 Å². The zero-order chi connectivity index (χ0) is 17.6. The highest BCUT2D eigenvalue weighted by Gasteiger charge is 2.34. The summed E-state index contributed by atoms with van der Waals surface area (Å²) in [4.78, 5) is 32.4. The molecule has 1 aromatic rings. The molecule has 1 atom stereocenters. The highest BCUT2D eigenvalue weighted by atomic mass is 16.4. The van der Waals surface area contributed by atoms with E-state index < -0.39 is 11.9 Å². The van der Waals surface area contributed by atoms with Crippen LogP contribution in [0.4, 0.5) is 5.69 Å². The number of anilines is 1. The van der Waals surface area contributed by atoms with Gasteiger partial charge in [0.15, 0.2) is 0 Å². The summed E-state index contributed by atoms with van der Waals surface area (Å²) in [5, 5.41) is 12.8. The van der Waals surface area contributed by atoms with Crippen LogP contribution in [0.1, 0.15) is 19.3 Å². The van der Waals surface area contributed by atoms with Crippen molar-refractivity contribution in [3.05, 3.63) is 24.5 Å². The van der Waals surface area contributed by atoms with E-state index in [0.29, 0.717) is 25.4 Å². The molecule has 1 aromatic heterocycles. The van der Waals surface area contributed by atoms with Crippen LogP contribution < -0.4 is 10.2 Å². The Labute approximate surface area is 148 Å². The molecule has 0 aromatic carbocycles. The van der Waals surface area contributed by atoms with E-state index in [4.69, 9.17) is 0 Å². The van der Waals surface area contributed by atoms with Crippen LogP contribution in [0.3, 0.4) is 0 Å². The van der Waals surface area contributed by atoms with Crippen molar-refractivity contribution in [3.63, 3.8) is 0 Å². The third-order valence-corrected chi connectivity index (χ3v) is 5.24. The predicted octanol–water partition coefficient (Wildman–Crippen LogP) is 0.821. The van der Waals surface area contributed by atoms with Crippen molar-refractivity contribution in [2.45, 2.75) is 19.3 Å². The van der Waals surface area contributed by atoms with Crippen LogP contribution in [-0.4, -0.2) is 66.1 Å². The quantitative estimate of drug-likeness (QED) is 0.768. The summed E-state index contributed by atoms with van der Waals surface area (Å²) in [6.45, 7) is 4.39. The van der Waals surface area contributed by atoms with Crippen LogP contribution in [0.25, 0.3) is 0 Å². The first-order chi connectivity index (χ1) is 12.1. The second-order valence-electron chi connectivity index (χ2n) is 6.84. The SMILES string of the molecule is O=C(O)C(CC1CCNCC1)C(=O)N1CCN(c2ccncc2)CC1. The molecule has 2 N–H and O–H groups in total. The monoisotopic (exact) mass is 346 g/mol. The number of carbonyl (C=O) groups excluding carboxylic acids is 1. The van der Waals surface area contributed by atoms with Crippen molar-refractivity contribution in [3.8, 4) is 0 Å². The molecule has 3 heterocycles. The molecule has 1 amide bonds. The van der Waals surface area contributed by atoms with Gasteiger partial charge in [-0.1, -0.05) is 0 Å². The molecule has 2 aliphatic rings. The predicted molar refractivity (Wildman–Crippen MR) is 94.4 cm³/mol. The second kappa shape index (κ2) is 8.29. The number of carboxylic acid groups (broad SMARTS) is 1. The van der Waals surface area contributed by atoms with Crippen molar-refractivity contribution in [2.75, 3.05) is 44.2 Å². The lowest BCUT2D eigenvalue weighted by atomic mass is 9.87. The maximum absolute atomic E-state index is 12.8. The van der Waals surface area contributed by atoms with Crippen molar-refractivity contribution in [1.82, 2.24) is 15.2 Å². The van der Waals surface area contributed by atoms with Crippen molar-refractivity contribution >= 4 is 17.6 Å². The average Bonchev–Trinajstić information content (AvgIpc) is 2.67. The first kappa shape index (κ1) is 17.7. The Morgan fingerprint density at radius 1 is 1.16 bits per heavy atom. The molecular formula is C18H26N4O3. The van der Waals surface area contributed by atoms with E-state index in [1.807, 2.05) is 12.1 Å². The Balaban J connectivity index is 1.56. The Bertz CT molecular complexity index is 581. The minimum atomic E-state index is -0.986. The molecule has 2 aliphatic heterocycles.